The van der Waals surface area contributed by atoms with Crippen LogP contribution in [0.25, 0.3) is 0 Å². The van der Waals surface area contributed by atoms with Crippen molar-refractivity contribution in [3.05, 3.63) is 63.6 Å². The Hall–Kier alpha value is -1.64. The summed E-state index contributed by atoms with van der Waals surface area (Å²) >= 11 is 12.4. The molecule has 9 heteroatoms. The maximum absolute atomic E-state index is 12.9. The highest BCUT2D eigenvalue weighted by molar-refractivity contribution is 7.89. The molecule has 2 aromatic rings. The molecule has 0 radical (unpaired) electrons. The van der Waals surface area contributed by atoms with Gasteiger partial charge in [-0.05, 0) is 29.8 Å². The van der Waals surface area contributed by atoms with Gasteiger partial charge in [-0.15, -0.1) is 0 Å². The number of hydrogen-bond donors (Lipinski definition) is 0. The molecule has 1 amide bonds. The van der Waals surface area contributed by atoms with Crippen LogP contribution in [0, 0.1) is 0 Å². The van der Waals surface area contributed by atoms with E-state index in [0.29, 0.717) is 18.2 Å². The van der Waals surface area contributed by atoms with Gasteiger partial charge >= 0.3 is 0 Å². The van der Waals surface area contributed by atoms with Crippen LogP contribution in [-0.4, -0.2) is 56.9 Å². The fourth-order valence-corrected chi connectivity index (χ4v) is 4.75. The molecule has 150 valence electrons. The zero-order valence-electron chi connectivity index (χ0n) is 15.3. The first-order valence-corrected chi connectivity index (χ1v) is 10.9. The van der Waals surface area contributed by atoms with Crippen LogP contribution in [0.2, 0.25) is 10.0 Å². The Morgan fingerprint density at radius 1 is 1.11 bits per heavy atom. The molecule has 1 aliphatic rings. The van der Waals surface area contributed by atoms with E-state index >= 15 is 0 Å². The lowest BCUT2D eigenvalue weighted by molar-refractivity contribution is 0.0730. The Bertz CT molecular complexity index is 976. The number of nitrogens with zero attached hydrogens (tertiary/aromatic N) is 2. The van der Waals surface area contributed by atoms with Crippen LogP contribution in [0.4, 0.5) is 0 Å². The molecule has 0 N–H and O–H groups in total. The normalized spacial score (nSPS) is 15.4. The fraction of sp³-hybridized carbons (Fsp3) is 0.316. The van der Waals surface area contributed by atoms with Gasteiger partial charge in [0.1, 0.15) is 0 Å². The van der Waals surface area contributed by atoms with E-state index in [9.17, 15) is 13.2 Å². The van der Waals surface area contributed by atoms with E-state index in [1.165, 1.54) is 27.4 Å². The molecule has 3 rings (SSSR count). The minimum Gasteiger partial charge on any atom is -0.379 e. The third-order valence-corrected chi connectivity index (χ3v) is 7.08. The van der Waals surface area contributed by atoms with Crippen molar-refractivity contribution >= 4 is 39.1 Å². The van der Waals surface area contributed by atoms with Crippen molar-refractivity contribution in [1.82, 2.24) is 9.21 Å². The summed E-state index contributed by atoms with van der Waals surface area (Å²) in [6, 6.07) is 11.4. The predicted octanol–water partition coefficient (Wildman–Crippen LogP) is 3.29. The smallest absolute Gasteiger partial charge is 0.255 e. The van der Waals surface area contributed by atoms with E-state index in [1.54, 1.807) is 13.1 Å². The third-order valence-electron chi connectivity index (χ3n) is 4.49. The number of sulfonamides is 1. The minimum atomic E-state index is -3.72. The van der Waals surface area contributed by atoms with E-state index in [2.05, 4.69) is 0 Å². The van der Waals surface area contributed by atoms with Crippen LogP contribution in [0.3, 0.4) is 0 Å². The SMILES string of the molecule is CN(Cc1ccccc1Cl)C(=O)c1cc(S(=O)(=O)N2CCOCC2)ccc1Cl. The molecule has 0 aromatic heterocycles. The molecule has 0 aliphatic carbocycles. The Morgan fingerprint density at radius 3 is 2.46 bits per heavy atom. The Balaban J connectivity index is 1.86. The number of hydrogen-bond acceptors (Lipinski definition) is 4. The molecule has 1 heterocycles. The van der Waals surface area contributed by atoms with Gasteiger partial charge in [0.2, 0.25) is 10.0 Å². The topological polar surface area (TPSA) is 66.9 Å². The average Bonchev–Trinajstić information content (AvgIpc) is 2.70. The van der Waals surface area contributed by atoms with Gasteiger partial charge in [-0.3, -0.25) is 4.79 Å². The van der Waals surface area contributed by atoms with Gasteiger partial charge in [0.15, 0.2) is 0 Å². The lowest BCUT2D eigenvalue weighted by atomic mass is 10.1. The largest absolute Gasteiger partial charge is 0.379 e. The third kappa shape index (κ3) is 4.50. The van der Waals surface area contributed by atoms with Crippen LogP contribution >= 0.6 is 23.2 Å². The second kappa shape index (κ2) is 8.80. The summed E-state index contributed by atoms with van der Waals surface area (Å²) in [6.07, 6.45) is 0. The van der Waals surface area contributed by atoms with Gasteiger partial charge < -0.3 is 9.64 Å². The molecular formula is C19H20Cl2N2O4S. The minimum absolute atomic E-state index is 0.0355. The lowest BCUT2D eigenvalue weighted by Gasteiger charge is -2.26. The zero-order valence-corrected chi connectivity index (χ0v) is 17.6. The first-order valence-electron chi connectivity index (χ1n) is 8.67. The van der Waals surface area contributed by atoms with Gasteiger partial charge in [0.25, 0.3) is 5.91 Å². The molecule has 0 spiro atoms. The molecular weight excluding hydrogens is 423 g/mol. The van der Waals surface area contributed by atoms with Crippen LogP contribution < -0.4 is 0 Å². The number of amides is 1. The molecule has 1 aliphatic heterocycles. The molecule has 2 aromatic carbocycles. The number of benzene rings is 2. The summed E-state index contributed by atoms with van der Waals surface area (Å²) in [5.74, 6) is -0.385. The predicted molar refractivity (Wildman–Crippen MR) is 108 cm³/mol. The maximum atomic E-state index is 12.9. The summed E-state index contributed by atoms with van der Waals surface area (Å²) in [7, 11) is -2.11. The molecule has 0 bridgehead atoms. The standard InChI is InChI=1S/C19H20Cl2N2O4S/c1-22(13-14-4-2-3-5-17(14)20)19(24)16-12-15(6-7-18(16)21)28(25,26)23-8-10-27-11-9-23/h2-7,12H,8-11,13H2,1H3. The van der Waals surface area contributed by atoms with Crippen molar-refractivity contribution in [3.8, 4) is 0 Å². The van der Waals surface area contributed by atoms with Crippen molar-refractivity contribution < 1.29 is 17.9 Å². The first kappa shape index (κ1) is 21.1. The van der Waals surface area contributed by atoms with Crippen molar-refractivity contribution in [2.24, 2.45) is 0 Å². The van der Waals surface area contributed by atoms with E-state index < -0.39 is 10.0 Å². The van der Waals surface area contributed by atoms with E-state index in [1.807, 2.05) is 18.2 Å². The number of ether oxygens (including phenoxy) is 1. The van der Waals surface area contributed by atoms with Crippen molar-refractivity contribution in [1.29, 1.82) is 0 Å². The van der Waals surface area contributed by atoms with Crippen LogP contribution in [0.1, 0.15) is 15.9 Å². The highest BCUT2D eigenvalue weighted by Gasteiger charge is 2.28. The molecule has 1 saturated heterocycles. The number of halogens is 2. The van der Waals surface area contributed by atoms with Crippen molar-refractivity contribution in [3.63, 3.8) is 0 Å². The quantitative estimate of drug-likeness (QED) is 0.712. The van der Waals surface area contributed by atoms with Crippen molar-refractivity contribution in [2.45, 2.75) is 11.4 Å². The van der Waals surface area contributed by atoms with E-state index in [4.69, 9.17) is 27.9 Å². The number of rotatable bonds is 5. The average molecular weight is 443 g/mol. The second-order valence-corrected chi connectivity index (χ2v) is 9.16. The lowest BCUT2D eigenvalue weighted by Crippen LogP contribution is -2.40. The highest BCUT2D eigenvalue weighted by atomic mass is 35.5. The molecule has 6 nitrogen and oxygen atoms in total. The molecule has 1 fully saturated rings. The monoisotopic (exact) mass is 442 g/mol. The summed E-state index contributed by atoms with van der Waals surface area (Å²) in [5, 5.41) is 0.744. The maximum Gasteiger partial charge on any atom is 0.255 e. The van der Waals surface area contributed by atoms with E-state index in [0.717, 1.165) is 5.56 Å². The molecule has 0 atom stereocenters. The summed E-state index contributed by atoms with van der Waals surface area (Å²) in [6.45, 7) is 1.52. The van der Waals surface area contributed by atoms with Crippen molar-refractivity contribution in [2.75, 3.05) is 33.4 Å². The van der Waals surface area contributed by atoms with Gasteiger partial charge in [0.05, 0.1) is 28.7 Å². The Labute approximate surface area is 174 Å². The van der Waals surface area contributed by atoms with Gasteiger partial charge in [-0.25, -0.2) is 8.42 Å². The van der Waals surface area contributed by atoms with Gasteiger partial charge in [-0.1, -0.05) is 41.4 Å². The fourth-order valence-electron chi connectivity index (χ4n) is 2.92. The number of carbonyl (C=O) groups is 1. The summed E-state index contributed by atoms with van der Waals surface area (Å²) in [4.78, 5) is 14.4. The number of carbonyl (C=O) groups excluding carboxylic acids is 1. The van der Waals surface area contributed by atoms with Crippen LogP contribution in [0.5, 0.6) is 0 Å². The second-order valence-electron chi connectivity index (χ2n) is 6.41. The first-order chi connectivity index (χ1) is 13.3. The van der Waals surface area contributed by atoms with Crippen LogP contribution in [-0.2, 0) is 21.3 Å². The van der Waals surface area contributed by atoms with Gasteiger partial charge in [-0.2, -0.15) is 4.31 Å². The van der Waals surface area contributed by atoms with Gasteiger partial charge in [0, 0.05) is 31.7 Å². The van der Waals surface area contributed by atoms with E-state index in [-0.39, 0.29) is 41.0 Å². The highest BCUT2D eigenvalue weighted by Crippen LogP contribution is 2.25. The summed E-state index contributed by atoms with van der Waals surface area (Å²) < 4.78 is 32.3. The zero-order chi connectivity index (χ0) is 20.3. The Morgan fingerprint density at radius 2 is 1.79 bits per heavy atom. The molecule has 28 heavy (non-hydrogen) atoms. The number of morpholine rings is 1. The Kier molecular flexibility index (Phi) is 6.62. The molecule has 0 unspecified atom stereocenters. The summed E-state index contributed by atoms with van der Waals surface area (Å²) in [5.41, 5.74) is 0.916. The van der Waals surface area contributed by atoms with Crippen LogP contribution in [0.15, 0.2) is 47.4 Å². The molecule has 0 saturated carbocycles.